The van der Waals surface area contributed by atoms with Crippen LogP contribution in [-0.4, -0.2) is 23.8 Å². The standard InChI is InChI=1S/C13H25NO/c1-9-3-10(2)5-12(4-9)14-8-11-6-13(15)7-11/h9-15H,3-8H2,1-2H3. The second kappa shape index (κ2) is 4.84. The Labute approximate surface area is 93.5 Å². The lowest BCUT2D eigenvalue weighted by molar-refractivity contribution is 0.0402. The minimum absolute atomic E-state index is 0.000929. The quantitative estimate of drug-likeness (QED) is 0.750. The minimum atomic E-state index is 0.000929. The zero-order chi connectivity index (χ0) is 10.8. The van der Waals surface area contributed by atoms with Gasteiger partial charge in [-0.3, -0.25) is 0 Å². The van der Waals surface area contributed by atoms with Gasteiger partial charge in [0.2, 0.25) is 0 Å². The Bertz CT molecular complexity index is 191. The highest BCUT2D eigenvalue weighted by Crippen LogP contribution is 2.30. The first-order valence-corrected chi connectivity index (χ1v) is 6.55. The van der Waals surface area contributed by atoms with Crippen molar-refractivity contribution in [2.24, 2.45) is 17.8 Å². The van der Waals surface area contributed by atoms with Crippen LogP contribution in [0.3, 0.4) is 0 Å². The predicted molar refractivity (Wildman–Crippen MR) is 62.7 cm³/mol. The molecule has 15 heavy (non-hydrogen) atoms. The van der Waals surface area contributed by atoms with Crippen molar-refractivity contribution in [2.45, 2.75) is 58.1 Å². The Hall–Kier alpha value is -0.0800. The van der Waals surface area contributed by atoms with Crippen molar-refractivity contribution in [1.29, 1.82) is 0 Å². The second-order valence-electron chi connectivity index (χ2n) is 6.01. The molecular formula is C13H25NO. The second-order valence-corrected chi connectivity index (χ2v) is 6.01. The minimum Gasteiger partial charge on any atom is -0.393 e. The molecule has 0 aromatic heterocycles. The summed E-state index contributed by atoms with van der Waals surface area (Å²) in [4.78, 5) is 0. The van der Waals surface area contributed by atoms with E-state index >= 15 is 0 Å². The van der Waals surface area contributed by atoms with Crippen LogP contribution in [0.15, 0.2) is 0 Å². The van der Waals surface area contributed by atoms with Crippen molar-refractivity contribution in [2.75, 3.05) is 6.54 Å². The van der Waals surface area contributed by atoms with Crippen LogP contribution < -0.4 is 5.32 Å². The normalized spacial score (nSPS) is 46.2. The molecule has 0 aromatic carbocycles. The molecule has 88 valence electrons. The molecule has 2 saturated carbocycles. The monoisotopic (exact) mass is 211 g/mol. The van der Waals surface area contributed by atoms with Gasteiger partial charge in [-0.1, -0.05) is 13.8 Å². The summed E-state index contributed by atoms with van der Waals surface area (Å²) in [5.41, 5.74) is 0. The fraction of sp³-hybridized carbons (Fsp3) is 1.00. The van der Waals surface area contributed by atoms with Gasteiger partial charge >= 0.3 is 0 Å². The molecule has 0 heterocycles. The molecule has 2 aliphatic rings. The van der Waals surface area contributed by atoms with E-state index in [1.165, 1.54) is 19.3 Å². The molecule has 2 heteroatoms. The summed E-state index contributed by atoms with van der Waals surface area (Å²) in [6.07, 6.45) is 6.14. The van der Waals surface area contributed by atoms with Crippen molar-refractivity contribution < 1.29 is 5.11 Å². The van der Waals surface area contributed by atoms with Gasteiger partial charge in [0.1, 0.15) is 0 Å². The molecular weight excluding hydrogens is 186 g/mol. The highest BCUT2D eigenvalue weighted by atomic mass is 16.3. The maximum atomic E-state index is 9.21. The van der Waals surface area contributed by atoms with Crippen LogP contribution in [0.2, 0.25) is 0 Å². The Morgan fingerprint density at radius 1 is 1.00 bits per heavy atom. The van der Waals surface area contributed by atoms with Crippen LogP contribution in [0.5, 0.6) is 0 Å². The van der Waals surface area contributed by atoms with E-state index in [9.17, 15) is 5.11 Å². The number of aliphatic hydroxyl groups excluding tert-OH is 1. The van der Waals surface area contributed by atoms with E-state index in [4.69, 9.17) is 0 Å². The first-order valence-electron chi connectivity index (χ1n) is 6.55. The van der Waals surface area contributed by atoms with Crippen LogP contribution in [-0.2, 0) is 0 Å². The Morgan fingerprint density at radius 3 is 2.13 bits per heavy atom. The molecule has 2 aliphatic carbocycles. The zero-order valence-electron chi connectivity index (χ0n) is 10.1. The van der Waals surface area contributed by atoms with Gasteiger partial charge in [-0.25, -0.2) is 0 Å². The van der Waals surface area contributed by atoms with E-state index in [2.05, 4.69) is 19.2 Å². The highest BCUT2D eigenvalue weighted by Gasteiger charge is 2.29. The predicted octanol–water partition coefficient (Wildman–Crippen LogP) is 2.17. The van der Waals surface area contributed by atoms with E-state index in [0.29, 0.717) is 0 Å². The summed E-state index contributed by atoms with van der Waals surface area (Å²) in [6, 6.07) is 0.737. The number of hydrogen-bond donors (Lipinski definition) is 2. The van der Waals surface area contributed by atoms with Crippen molar-refractivity contribution in [3.05, 3.63) is 0 Å². The molecule has 0 aromatic rings. The molecule has 0 amide bonds. The lowest BCUT2D eigenvalue weighted by atomic mass is 9.79. The van der Waals surface area contributed by atoms with Gasteiger partial charge in [0.15, 0.2) is 0 Å². The van der Waals surface area contributed by atoms with E-state index in [1.807, 2.05) is 0 Å². The average molecular weight is 211 g/mol. The van der Waals surface area contributed by atoms with Crippen molar-refractivity contribution >= 4 is 0 Å². The van der Waals surface area contributed by atoms with Crippen LogP contribution in [0.25, 0.3) is 0 Å². The van der Waals surface area contributed by atoms with Gasteiger partial charge in [0, 0.05) is 6.04 Å². The van der Waals surface area contributed by atoms with E-state index in [0.717, 1.165) is 43.2 Å². The van der Waals surface area contributed by atoms with Gasteiger partial charge < -0.3 is 10.4 Å². The van der Waals surface area contributed by atoms with Crippen LogP contribution in [0.1, 0.15) is 46.0 Å². The maximum absolute atomic E-state index is 9.21. The third-order valence-corrected chi connectivity index (χ3v) is 4.08. The molecule has 0 aliphatic heterocycles. The highest BCUT2D eigenvalue weighted by molar-refractivity contribution is 4.84. The summed E-state index contributed by atoms with van der Waals surface area (Å²) >= 11 is 0. The van der Waals surface area contributed by atoms with Crippen molar-refractivity contribution in [3.8, 4) is 0 Å². The lowest BCUT2D eigenvalue weighted by Gasteiger charge is -2.36. The summed E-state index contributed by atoms with van der Waals surface area (Å²) < 4.78 is 0. The number of rotatable bonds is 3. The van der Waals surface area contributed by atoms with Crippen LogP contribution in [0.4, 0.5) is 0 Å². The molecule has 0 spiro atoms. The average Bonchev–Trinajstić information content (AvgIpc) is 2.09. The summed E-state index contributed by atoms with van der Waals surface area (Å²) in [7, 11) is 0. The zero-order valence-corrected chi connectivity index (χ0v) is 10.1. The molecule has 2 unspecified atom stereocenters. The number of nitrogens with one attached hydrogen (secondary N) is 1. The van der Waals surface area contributed by atoms with Crippen molar-refractivity contribution in [1.82, 2.24) is 5.32 Å². The van der Waals surface area contributed by atoms with Gasteiger partial charge in [-0.05, 0) is 56.4 Å². The Morgan fingerprint density at radius 2 is 1.60 bits per heavy atom. The molecule has 0 bridgehead atoms. The Kier molecular flexibility index (Phi) is 3.68. The van der Waals surface area contributed by atoms with E-state index < -0.39 is 0 Å². The molecule has 0 saturated heterocycles. The van der Waals surface area contributed by atoms with Crippen LogP contribution in [0, 0.1) is 17.8 Å². The molecule has 2 fully saturated rings. The van der Waals surface area contributed by atoms with Gasteiger partial charge in [0.05, 0.1) is 6.10 Å². The number of hydrogen-bond acceptors (Lipinski definition) is 2. The fourth-order valence-corrected chi connectivity index (χ4v) is 3.31. The number of aliphatic hydroxyl groups is 1. The first-order chi connectivity index (χ1) is 7.13. The summed E-state index contributed by atoms with van der Waals surface area (Å²) in [5.74, 6) is 2.52. The smallest absolute Gasteiger partial charge is 0.0546 e. The first kappa shape index (κ1) is 11.4. The third kappa shape index (κ3) is 3.18. The SMILES string of the molecule is CC1CC(C)CC(NCC2CC(O)C2)C1. The largest absolute Gasteiger partial charge is 0.393 e. The topological polar surface area (TPSA) is 32.3 Å². The van der Waals surface area contributed by atoms with Gasteiger partial charge in [0.25, 0.3) is 0 Å². The molecule has 2 nitrogen and oxygen atoms in total. The summed E-state index contributed by atoms with van der Waals surface area (Å²) in [6.45, 7) is 5.87. The fourth-order valence-electron chi connectivity index (χ4n) is 3.31. The molecule has 2 N–H and O–H groups in total. The Balaban J connectivity index is 1.65. The van der Waals surface area contributed by atoms with Crippen molar-refractivity contribution in [3.63, 3.8) is 0 Å². The molecule has 2 atom stereocenters. The van der Waals surface area contributed by atoms with E-state index in [1.54, 1.807) is 0 Å². The third-order valence-electron chi connectivity index (χ3n) is 4.08. The maximum Gasteiger partial charge on any atom is 0.0546 e. The molecule has 2 rings (SSSR count). The van der Waals surface area contributed by atoms with Gasteiger partial charge in [-0.2, -0.15) is 0 Å². The van der Waals surface area contributed by atoms with Gasteiger partial charge in [-0.15, -0.1) is 0 Å². The van der Waals surface area contributed by atoms with Crippen LogP contribution >= 0.6 is 0 Å². The molecule has 0 radical (unpaired) electrons. The van der Waals surface area contributed by atoms with E-state index in [-0.39, 0.29) is 6.10 Å². The lowest BCUT2D eigenvalue weighted by Crippen LogP contribution is -2.42. The summed E-state index contributed by atoms with van der Waals surface area (Å²) in [5, 5.41) is 12.9.